The van der Waals surface area contributed by atoms with Gasteiger partial charge in [0, 0.05) is 11.6 Å². The lowest BCUT2D eigenvalue weighted by Gasteiger charge is -2.18. The highest BCUT2D eigenvalue weighted by Crippen LogP contribution is 2.33. The summed E-state index contributed by atoms with van der Waals surface area (Å²) in [5.41, 5.74) is 1.57. The van der Waals surface area contributed by atoms with Crippen molar-refractivity contribution in [2.24, 2.45) is 0 Å². The van der Waals surface area contributed by atoms with E-state index in [4.69, 9.17) is 11.6 Å². The molecule has 0 unspecified atom stereocenters. The van der Waals surface area contributed by atoms with Gasteiger partial charge in [-0.15, -0.1) is 0 Å². The Kier molecular flexibility index (Phi) is 4.54. The van der Waals surface area contributed by atoms with Gasteiger partial charge < -0.3 is 5.32 Å². The summed E-state index contributed by atoms with van der Waals surface area (Å²) in [6.45, 7) is 5.11. The highest BCUT2D eigenvalue weighted by molar-refractivity contribution is 7.90. The molecule has 1 N–H and O–H groups in total. The average Bonchev–Trinajstić information content (AvgIpc) is 2.76. The van der Waals surface area contributed by atoms with E-state index in [1.807, 2.05) is 6.92 Å². The van der Waals surface area contributed by atoms with Crippen LogP contribution in [0.4, 0.5) is 5.69 Å². The van der Waals surface area contributed by atoms with Gasteiger partial charge in [0.25, 0.3) is 21.8 Å². The molecule has 1 aliphatic heterocycles. The lowest BCUT2D eigenvalue weighted by molar-refractivity contribution is 0.0846. The Morgan fingerprint density at radius 1 is 1.15 bits per heavy atom. The van der Waals surface area contributed by atoms with Gasteiger partial charge in [0.1, 0.15) is 4.90 Å². The van der Waals surface area contributed by atoms with Crippen molar-refractivity contribution in [3.8, 4) is 0 Å². The molecule has 1 heterocycles. The zero-order valence-corrected chi connectivity index (χ0v) is 16.0. The molecule has 2 aromatic rings. The quantitative estimate of drug-likeness (QED) is 0.867. The van der Waals surface area contributed by atoms with Gasteiger partial charge in [0.05, 0.1) is 16.3 Å². The first kappa shape index (κ1) is 18.4. The number of hydrogen-bond donors (Lipinski definition) is 1. The SMILES string of the molecule is Cc1ccc(NC(=O)c2ccc3c(c2)S(=O)(=O)N(C(C)C)C3=O)c(Cl)c1. The fraction of sp³-hybridized carbons (Fsp3) is 0.222. The number of benzene rings is 2. The molecule has 0 bridgehead atoms. The van der Waals surface area contributed by atoms with Crippen molar-refractivity contribution >= 4 is 39.1 Å². The van der Waals surface area contributed by atoms with Crippen LogP contribution in [0, 0.1) is 6.92 Å². The zero-order valence-electron chi connectivity index (χ0n) is 14.4. The molecule has 0 atom stereocenters. The van der Waals surface area contributed by atoms with E-state index in [9.17, 15) is 18.0 Å². The van der Waals surface area contributed by atoms with Crippen molar-refractivity contribution in [1.29, 1.82) is 0 Å². The number of carbonyl (C=O) groups excluding carboxylic acids is 2. The summed E-state index contributed by atoms with van der Waals surface area (Å²) in [6.07, 6.45) is 0. The number of aryl methyl sites for hydroxylation is 1. The van der Waals surface area contributed by atoms with Crippen molar-refractivity contribution in [1.82, 2.24) is 4.31 Å². The van der Waals surface area contributed by atoms with Crippen LogP contribution in [0.25, 0.3) is 0 Å². The highest BCUT2D eigenvalue weighted by atomic mass is 35.5. The third-order valence-corrected chi connectivity index (χ3v) is 6.36. The molecule has 136 valence electrons. The van der Waals surface area contributed by atoms with Gasteiger partial charge in [0.2, 0.25) is 0 Å². The van der Waals surface area contributed by atoms with Gasteiger partial charge in [-0.25, -0.2) is 12.7 Å². The van der Waals surface area contributed by atoms with Crippen LogP contribution in [-0.4, -0.2) is 30.6 Å². The molecule has 0 fully saturated rings. The third-order valence-electron chi connectivity index (χ3n) is 4.05. The minimum atomic E-state index is -3.96. The summed E-state index contributed by atoms with van der Waals surface area (Å²) in [5.74, 6) is -1.09. The Balaban J connectivity index is 1.97. The summed E-state index contributed by atoms with van der Waals surface area (Å²) < 4.78 is 26.1. The summed E-state index contributed by atoms with van der Waals surface area (Å²) in [6, 6.07) is 8.68. The summed E-state index contributed by atoms with van der Waals surface area (Å²) in [5, 5.41) is 3.04. The van der Waals surface area contributed by atoms with Crippen LogP contribution in [-0.2, 0) is 10.0 Å². The maximum Gasteiger partial charge on any atom is 0.269 e. The van der Waals surface area contributed by atoms with Gasteiger partial charge in [-0.2, -0.15) is 0 Å². The number of carbonyl (C=O) groups is 2. The van der Waals surface area contributed by atoms with Crippen LogP contribution in [0.2, 0.25) is 5.02 Å². The molecule has 8 heteroatoms. The van der Waals surface area contributed by atoms with Crippen molar-refractivity contribution in [2.45, 2.75) is 31.7 Å². The lowest BCUT2D eigenvalue weighted by atomic mass is 10.1. The largest absolute Gasteiger partial charge is 0.321 e. The molecule has 1 aliphatic rings. The van der Waals surface area contributed by atoms with Crippen LogP contribution < -0.4 is 5.32 Å². The molecule has 26 heavy (non-hydrogen) atoms. The van der Waals surface area contributed by atoms with E-state index in [0.29, 0.717) is 10.7 Å². The predicted molar refractivity (Wildman–Crippen MR) is 99.1 cm³/mol. The first-order chi connectivity index (χ1) is 12.1. The Morgan fingerprint density at radius 2 is 1.85 bits per heavy atom. The second-order valence-electron chi connectivity index (χ2n) is 6.35. The van der Waals surface area contributed by atoms with E-state index in [1.165, 1.54) is 18.2 Å². The molecule has 6 nitrogen and oxygen atoms in total. The lowest BCUT2D eigenvalue weighted by Crippen LogP contribution is -2.36. The number of anilines is 1. The molecule has 0 aromatic heterocycles. The van der Waals surface area contributed by atoms with Crippen LogP contribution >= 0.6 is 11.6 Å². The second-order valence-corrected chi connectivity index (χ2v) is 8.54. The third kappa shape index (κ3) is 2.97. The van der Waals surface area contributed by atoms with Crippen molar-refractivity contribution in [2.75, 3.05) is 5.32 Å². The predicted octanol–water partition coefficient (Wildman–Crippen LogP) is 3.45. The Bertz CT molecular complexity index is 1030. The maximum atomic E-state index is 12.6. The monoisotopic (exact) mass is 392 g/mol. The number of rotatable bonds is 3. The highest BCUT2D eigenvalue weighted by Gasteiger charge is 2.42. The number of hydrogen-bond acceptors (Lipinski definition) is 4. The molecular weight excluding hydrogens is 376 g/mol. The van der Waals surface area contributed by atoms with Crippen LogP contribution in [0.1, 0.15) is 40.1 Å². The summed E-state index contributed by atoms with van der Waals surface area (Å²) >= 11 is 6.11. The fourth-order valence-corrected chi connectivity index (χ4v) is 4.89. The zero-order chi connectivity index (χ0) is 19.2. The smallest absolute Gasteiger partial charge is 0.269 e. The number of amides is 2. The summed E-state index contributed by atoms with van der Waals surface area (Å²) in [7, 11) is -3.96. The van der Waals surface area contributed by atoms with Crippen molar-refractivity contribution in [3.63, 3.8) is 0 Å². The van der Waals surface area contributed by atoms with Crippen LogP contribution in [0.15, 0.2) is 41.3 Å². The molecule has 0 saturated carbocycles. The minimum Gasteiger partial charge on any atom is -0.321 e. The number of nitrogens with one attached hydrogen (secondary N) is 1. The number of halogens is 1. The molecular formula is C18H17ClN2O4S. The number of sulfonamides is 1. The molecule has 0 radical (unpaired) electrons. The Labute approximate surface area is 156 Å². The van der Waals surface area contributed by atoms with Crippen molar-refractivity contribution in [3.05, 3.63) is 58.1 Å². The van der Waals surface area contributed by atoms with E-state index in [0.717, 1.165) is 9.87 Å². The molecule has 0 spiro atoms. The summed E-state index contributed by atoms with van der Waals surface area (Å²) in [4.78, 5) is 24.7. The Hall–Kier alpha value is -2.38. The maximum absolute atomic E-state index is 12.6. The van der Waals surface area contributed by atoms with E-state index >= 15 is 0 Å². The topological polar surface area (TPSA) is 83.6 Å². The van der Waals surface area contributed by atoms with Crippen LogP contribution in [0.5, 0.6) is 0 Å². The van der Waals surface area contributed by atoms with Gasteiger partial charge in [-0.1, -0.05) is 17.7 Å². The van der Waals surface area contributed by atoms with E-state index in [1.54, 1.807) is 32.0 Å². The number of nitrogens with zero attached hydrogens (tertiary/aromatic N) is 1. The fourth-order valence-electron chi connectivity index (χ4n) is 2.82. The van der Waals surface area contributed by atoms with Gasteiger partial charge in [-0.05, 0) is 56.7 Å². The van der Waals surface area contributed by atoms with Crippen molar-refractivity contribution < 1.29 is 18.0 Å². The van der Waals surface area contributed by atoms with Gasteiger partial charge >= 0.3 is 0 Å². The van der Waals surface area contributed by atoms with Gasteiger partial charge in [0.15, 0.2) is 0 Å². The second kappa shape index (κ2) is 6.41. The van der Waals surface area contributed by atoms with Gasteiger partial charge in [-0.3, -0.25) is 9.59 Å². The minimum absolute atomic E-state index is 0.0728. The Morgan fingerprint density at radius 3 is 2.46 bits per heavy atom. The molecule has 0 aliphatic carbocycles. The average molecular weight is 393 g/mol. The standard InChI is InChI=1S/C18H17ClN2O4S/c1-10(2)21-18(23)13-6-5-12(9-16(13)26(21,24)25)17(22)20-15-7-4-11(3)8-14(15)19/h4-10H,1-3H3,(H,20,22). The molecule has 0 saturated heterocycles. The molecule has 2 aromatic carbocycles. The molecule has 2 amide bonds. The first-order valence-electron chi connectivity index (χ1n) is 7.93. The molecule has 3 rings (SSSR count). The first-order valence-corrected chi connectivity index (χ1v) is 9.75. The van der Waals surface area contributed by atoms with E-state index < -0.39 is 27.9 Å². The van der Waals surface area contributed by atoms with E-state index in [2.05, 4.69) is 5.32 Å². The van der Waals surface area contributed by atoms with E-state index in [-0.39, 0.29) is 16.0 Å². The normalized spacial score (nSPS) is 15.3. The number of fused-ring (bicyclic) bond motifs is 1. The van der Waals surface area contributed by atoms with Crippen LogP contribution in [0.3, 0.4) is 0 Å².